The van der Waals surface area contributed by atoms with Crippen LogP contribution in [-0.4, -0.2) is 193 Å². The van der Waals surface area contributed by atoms with Crippen molar-refractivity contribution in [2.45, 2.75) is 139 Å². The highest BCUT2D eigenvalue weighted by Crippen LogP contribution is 2.43. The Morgan fingerprint density at radius 2 is 0.727 bits per heavy atom. The minimum absolute atomic E-state index is 0.00443. The number of nitrogens with one attached hydrogen (secondary N) is 4. The molecule has 4 atom stereocenters. The lowest BCUT2D eigenvalue weighted by molar-refractivity contribution is -0.138. The summed E-state index contributed by atoms with van der Waals surface area (Å²) in [6, 6.07) is 29.0. The number of aryl methyl sites for hydroxylation is 1. The van der Waals surface area contributed by atoms with E-state index in [4.69, 9.17) is 15.6 Å². The number of carbonyl (C=O) groups is 4. The molecule has 4 amide bonds. The third kappa shape index (κ3) is 19.9. The second-order valence-electron chi connectivity index (χ2n) is 24.9. The molecule has 5 aromatic carbocycles. The van der Waals surface area contributed by atoms with Crippen molar-refractivity contribution >= 4 is 111 Å². The van der Waals surface area contributed by atoms with Gasteiger partial charge in [0.2, 0.25) is 40.1 Å². The van der Waals surface area contributed by atoms with Gasteiger partial charge in [0.05, 0.1) is 26.0 Å². The monoisotopic (exact) mass is 1540 g/mol. The van der Waals surface area contributed by atoms with Crippen LogP contribution >= 0.6 is 47.0 Å². The fourth-order valence-corrected chi connectivity index (χ4v) is 24.5. The molecule has 4 fully saturated rings. The molecule has 4 saturated heterocycles. The number of rotatable bonds is 16. The summed E-state index contributed by atoms with van der Waals surface area (Å²) in [5.74, 6) is -2.07. The number of halogens is 4. The number of amides is 4. The molecule has 0 aliphatic carbocycles. The molecular weight excluding hydrogens is 1460 g/mol. The SMILES string of the molecule is CC1(C)SCCN(S(=O)(=O)CC(c2ccccc2)c2ccccc2)C1C(=O)NO.CC1(C)SCCN(S(=O)(=O)c2ccc(C(F)(F)F)cc2)C1C(=O)NO.CC1(C)SCCN(S(=O)(=O)c2ccc(F)cc2)C1C(=O)NO.CCc1ccc(S(=O)(=O)N2CCSC(C)(C)C2C(=O)NO)cc1. The minimum atomic E-state index is -4.58. The van der Waals surface area contributed by atoms with Crippen molar-refractivity contribution in [1.29, 1.82) is 0 Å². The van der Waals surface area contributed by atoms with Gasteiger partial charge in [-0.25, -0.2) is 60.0 Å². The zero-order valence-corrected chi connectivity index (χ0v) is 61.9. The number of hydrogen-bond donors (Lipinski definition) is 8. The maximum atomic E-state index is 13.5. The first kappa shape index (κ1) is 82.5. The zero-order valence-electron chi connectivity index (χ0n) is 55.4. The molecule has 36 heteroatoms. The molecular formula is C63H82F4N8O16S8. The van der Waals surface area contributed by atoms with Crippen LogP contribution in [0.25, 0.3) is 0 Å². The quantitative estimate of drug-likeness (QED) is 0.0265. The van der Waals surface area contributed by atoms with Crippen LogP contribution in [0.15, 0.2) is 148 Å². The summed E-state index contributed by atoms with van der Waals surface area (Å²) in [7, 11) is -15.8. The van der Waals surface area contributed by atoms with Gasteiger partial charge in [-0.2, -0.15) is 77.4 Å². The van der Waals surface area contributed by atoms with Gasteiger partial charge in [-0.3, -0.25) is 40.0 Å². The van der Waals surface area contributed by atoms with Gasteiger partial charge in [0.25, 0.3) is 23.6 Å². The van der Waals surface area contributed by atoms with Crippen LogP contribution in [0.2, 0.25) is 0 Å². The molecule has 0 saturated carbocycles. The van der Waals surface area contributed by atoms with E-state index in [1.165, 1.54) is 66.6 Å². The normalized spacial score (nSPS) is 21.3. The third-order valence-electron chi connectivity index (χ3n) is 16.6. The van der Waals surface area contributed by atoms with Gasteiger partial charge in [-0.05, 0) is 139 Å². The smallest absolute Gasteiger partial charge is 0.289 e. The molecule has 4 unspecified atom stereocenters. The van der Waals surface area contributed by atoms with Crippen molar-refractivity contribution in [3.8, 4) is 0 Å². The van der Waals surface area contributed by atoms with Crippen LogP contribution in [0.5, 0.6) is 0 Å². The number of benzene rings is 5. The first-order valence-corrected chi connectivity index (χ1v) is 40.5. The molecule has 24 nitrogen and oxygen atoms in total. The Bertz CT molecular complexity index is 4020. The summed E-state index contributed by atoms with van der Waals surface area (Å²) in [6.07, 6.45) is -3.76. The average molecular weight is 1540 g/mol. The van der Waals surface area contributed by atoms with Crippen LogP contribution in [0, 0.1) is 5.82 Å². The highest BCUT2D eigenvalue weighted by molar-refractivity contribution is 8.01. The Hall–Kier alpha value is -5.42. The summed E-state index contributed by atoms with van der Waals surface area (Å²) in [5.41, 5.74) is 8.13. The van der Waals surface area contributed by atoms with E-state index in [2.05, 4.69) is 0 Å². The van der Waals surface area contributed by atoms with E-state index >= 15 is 0 Å². The number of carbonyl (C=O) groups excluding carboxylic acids is 4. The molecule has 546 valence electrons. The molecule has 4 heterocycles. The van der Waals surface area contributed by atoms with E-state index in [-0.39, 0.29) is 52.5 Å². The summed E-state index contributed by atoms with van der Waals surface area (Å²) >= 11 is 5.86. The Morgan fingerprint density at radius 3 is 1.01 bits per heavy atom. The Morgan fingerprint density at radius 1 is 0.455 bits per heavy atom. The Balaban J connectivity index is 0.000000209. The molecule has 4 aliphatic heterocycles. The number of hydrogen-bond acceptors (Lipinski definition) is 20. The van der Waals surface area contributed by atoms with E-state index in [0.29, 0.717) is 35.1 Å². The highest BCUT2D eigenvalue weighted by Gasteiger charge is 2.52. The van der Waals surface area contributed by atoms with Crippen molar-refractivity contribution in [2.75, 3.05) is 54.9 Å². The van der Waals surface area contributed by atoms with E-state index < -0.39 is 124 Å². The van der Waals surface area contributed by atoms with Gasteiger partial charge in [-0.1, -0.05) is 79.7 Å². The molecule has 9 rings (SSSR count). The number of alkyl halides is 3. The number of hydroxylamine groups is 4. The van der Waals surface area contributed by atoms with Gasteiger partial charge in [0, 0.05) is 74.1 Å². The predicted molar refractivity (Wildman–Crippen MR) is 372 cm³/mol. The van der Waals surface area contributed by atoms with Gasteiger partial charge < -0.3 is 0 Å². The van der Waals surface area contributed by atoms with Crippen molar-refractivity contribution < 1.29 is 91.2 Å². The largest absolute Gasteiger partial charge is 0.416 e. The van der Waals surface area contributed by atoms with Gasteiger partial charge in [-0.15, -0.1) is 0 Å². The number of thioether (sulfide) groups is 4. The Labute approximate surface area is 592 Å². The molecule has 0 radical (unpaired) electrons. The van der Waals surface area contributed by atoms with Crippen molar-refractivity contribution in [2.24, 2.45) is 0 Å². The maximum Gasteiger partial charge on any atom is 0.416 e. The second kappa shape index (κ2) is 33.8. The molecule has 8 N–H and O–H groups in total. The fourth-order valence-electron chi connectivity index (χ4n) is 11.7. The first-order valence-electron chi connectivity index (χ1n) is 30.6. The second-order valence-corrected chi connectivity index (χ2v) is 39.5. The van der Waals surface area contributed by atoms with Crippen LogP contribution in [0.4, 0.5) is 17.6 Å². The topological polar surface area (TPSA) is 347 Å². The lowest BCUT2D eigenvalue weighted by Gasteiger charge is -2.43. The van der Waals surface area contributed by atoms with Crippen LogP contribution in [-0.2, 0) is 71.9 Å². The molecule has 4 aliphatic rings. The van der Waals surface area contributed by atoms with Crippen LogP contribution in [0.3, 0.4) is 0 Å². The van der Waals surface area contributed by atoms with Gasteiger partial charge in [0.15, 0.2) is 0 Å². The lowest BCUT2D eigenvalue weighted by atomic mass is 9.93. The average Bonchev–Trinajstić information content (AvgIpc) is 0.778. The van der Waals surface area contributed by atoms with Crippen molar-refractivity contribution in [1.82, 2.24) is 39.1 Å². The van der Waals surface area contributed by atoms with E-state index in [1.807, 2.05) is 81.4 Å². The lowest BCUT2D eigenvalue weighted by Crippen LogP contribution is -2.61. The zero-order chi connectivity index (χ0) is 73.9. The fraction of sp³-hybridized carbons (Fsp3) is 0.460. The van der Waals surface area contributed by atoms with E-state index in [9.17, 15) is 75.6 Å². The van der Waals surface area contributed by atoms with Crippen molar-refractivity contribution in [3.63, 3.8) is 0 Å². The van der Waals surface area contributed by atoms with Crippen molar-refractivity contribution in [3.05, 3.63) is 162 Å². The van der Waals surface area contributed by atoms with Gasteiger partial charge >= 0.3 is 6.18 Å². The molecule has 0 spiro atoms. The highest BCUT2D eigenvalue weighted by atomic mass is 32.2. The molecule has 0 aromatic heterocycles. The Kier molecular flexibility index (Phi) is 28.2. The minimum Gasteiger partial charge on any atom is -0.289 e. The van der Waals surface area contributed by atoms with Crippen LogP contribution < -0.4 is 21.9 Å². The first-order chi connectivity index (χ1) is 46.1. The van der Waals surface area contributed by atoms with E-state index in [1.54, 1.807) is 76.8 Å². The number of sulfonamides is 4. The number of nitrogens with zero attached hydrogens (tertiary/aromatic N) is 4. The summed E-state index contributed by atoms with van der Waals surface area (Å²) < 4.78 is 157. The summed E-state index contributed by atoms with van der Waals surface area (Å²) in [5, 5.41) is 36.1. The summed E-state index contributed by atoms with van der Waals surface area (Å²) in [4.78, 5) is 48.2. The predicted octanol–water partition coefficient (Wildman–Crippen LogP) is 7.80. The van der Waals surface area contributed by atoms with E-state index in [0.717, 1.165) is 68.1 Å². The van der Waals surface area contributed by atoms with Gasteiger partial charge in [0.1, 0.15) is 30.0 Å². The van der Waals surface area contributed by atoms with Crippen LogP contribution in [0.1, 0.15) is 90.5 Å². The standard InChI is InChI=1S/C21H26N2O4S2.C15H22N2O4S2.C14H17F3N2O4S2.C13H17FN2O4S2/c1-21(2)19(20(24)22-25)23(13-14-28-21)29(26,27)15-18(16-9-5-3-6-10-16)17-11-7-4-8-12-17;1-4-11-5-7-12(8-6-11)23(20,21)17-9-10-22-15(2,3)13(17)14(18)16-19;1-13(2)11(12(20)18-21)19(7-8-24-13)25(22,23)10-5-3-9(4-6-10)14(15,16)17;1-13(2)11(12(17)15-18)16(7-8-21-13)22(19,20)10-5-3-9(14)4-6-10/h3-12,18-19,25H,13-15H2,1-2H3,(H,22,24);5-8,13,19H,4,9-10H2,1-3H3,(H,16,18);3-6,11,21H,7-8H2,1-2H3,(H,18,20);3-6,11,18H,7-8H2,1-2H3,(H,15,17). The maximum absolute atomic E-state index is 13.5. The molecule has 5 aromatic rings. The molecule has 0 bridgehead atoms. The third-order valence-corrected chi connectivity index (χ3v) is 29.6. The summed E-state index contributed by atoms with van der Waals surface area (Å²) in [6.45, 7) is 16.6. The molecule has 99 heavy (non-hydrogen) atoms.